The number of fused-ring (bicyclic) bond motifs is 10. The van der Waals surface area contributed by atoms with Gasteiger partial charge in [0.15, 0.2) is 22.7 Å². The summed E-state index contributed by atoms with van der Waals surface area (Å²) in [6, 6.07) is 8.97. The molecule has 10 heteroatoms. The van der Waals surface area contributed by atoms with E-state index in [1.807, 2.05) is 0 Å². The van der Waals surface area contributed by atoms with Crippen molar-refractivity contribution in [2.45, 2.75) is 64.2 Å². The number of nitrogens with zero attached hydrogens (tertiary/aromatic N) is 8. The van der Waals surface area contributed by atoms with Crippen LogP contribution in [0.2, 0.25) is 0 Å². The molecule has 0 amide bonds. The molecule has 0 aromatic heterocycles. The summed E-state index contributed by atoms with van der Waals surface area (Å²) in [6.07, 6.45) is 0. The molecule has 170 valence electrons. The van der Waals surface area contributed by atoms with E-state index < -0.39 is 11.3 Å². The van der Waals surface area contributed by atoms with E-state index in [4.69, 9.17) is 20.5 Å². The summed E-state index contributed by atoms with van der Waals surface area (Å²) < 4.78 is 0. The molecule has 0 saturated carbocycles. The average molecular weight is 437 g/mol. The topological polar surface area (TPSA) is 86.5 Å². The molecule has 4 atom stereocenters. The van der Waals surface area contributed by atoms with Crippen LogP contribution in [0.25, 0.3) is 0 Å². The molecule has 6 aliphatic rings. The Morgan fingerprint density at radius 3 is 1.28 bits per heavy atom. The lowest BCUT2D eigenvalue weighted by Crippen LogP contribution is -2.49. The Morgan fingerprint density at radius 2 is 0.906 bits per heavy atom. The van der Waals surface area contributed by atoms with Gasteiger partial charge in [0.2, 0.25) is 0 Å². The summed E-state index contributed by atoms with van der Waals surface area (Å²) in [5.41, 5.74) is 0.261. The van der Waals surface area contributed by atoms with Gasteiger partial charge < -0.3 is 0 Å². The predicted octanol–water partition coefficient (Wildman–Crippen LogP) is 2.51. The Morgan fingerprint density at radius 1 is 0.562 bits per heavy atom. The van der Waals surface area contributed by atoms with E-state index in [9.17, 15) is 0 Å². The zero-order valence-electron chi connectivity index (χ0n) is 19.7. The van der Waals surface area contributed by atoms with Crippen molar-refractivity contribution in [3.8, 4) is 0 Å². The number of benzene rings is 1. The molecule has 10 nitrogen and oxygen atoms in total. The molecule has 0 aliphatic carbocycles. The van der Waals surface area contributed by atoms with Crippen molar-refractivity contribution < 1.29 is 0 Å². The van der Waals surface area contributed by atoms with Crippen molar-refractivity contribution in [3.63, 3.8) is 0 Å². The molecule has 0 spiro atoms. The van der Waals surface area contributed by atoms with Crippen LogP contribution in [0.5, 0.6) is 0 Å². The molecule has 4 unspecified atom stereocenters. The van der Waals surface area contributed by atoms with E-state index in [2.05, 4.69) is 96.5 Å². The molecule has 6 aliphatic heterocycles. The highest BCUT2D eigenvalue weighted by Gasteiger charge is 2.77. The average Bonchev–Trinajstić information content (AvgIpc) is 3.54. The second-order valence-electron chi connectivity index (χ2n) is 11.3. The minimum atomic E-state index is -0.514. The number of hydrogen-bond donors (Lipinski definition) is 2. The molecule has 6 heterocycles. The van der Waals surface area contributed by atoms with Gasteiger partial charge >= 0.3 is 0 Å². The number of hydrogen-bond acceptors (Lipinski definition) is 10. The van der Waals surface area contributed by atoms with Crippen molar-refractivity contribution in [2.24, 2.45) is 31.3 Å². The lowest BCUT2D eigenvalue weighted by atomic mass is 9.68. The van der Waals surface area contributed by atoms with Crippen molar-refractivity contribution in [3.05, 3.63) is 35.4 Å². The first-order valence-electron chi connectivity index (χ1n) is 11.6. The number of nitrogens with one attached hydrogen (secondary N) is 2. The van der Waals surface area contributed by atoms with Gasteiger partial charge in [-0.05, 0) is 25.0 Å². The van der Waals surface area contributed by atoms with Crippen LogP contribution in [0, 0.1) is 10.8 Å². The summed E-state index contributed by atoms with van der Waals surface area (Å²) >= 11 is 0. The molecular formula is C22H32N10. The zero-order chi connectivity index (χ0) is 22.4. The minimum absolute atomic E-state index is 0.171. The van der Waals surface area contributed by atoms with Crippen LogP contribution in [0.1, 0.15) is 52.7 Å². The highest BCUT2D eigenvalue weighted by atomic mass is 15.9. The summed E-state index contributed by atoms with van der Waals surface area (Å²) in [5.74, 6) is 0. The van der Waals surface area contributed by atoms with E-state index >= 15 is 0 Å². The normalized spacial score (nSPS) is 45.9. The largest absolute Gasteiger partial charge is 0.289 e. The van der Waals surface area contributed by atoms with Crippen molar-refractivity contribution in [1.29, 1.82) is 0 Å². The Balaban J connectivity index is 1.35. The second kappa shape index (κ2) is 5.29. The molecule has 7 rings (SSSR count). The van der Waals surface area contributed by atoms with E-state index in [1.165, 1.54) is 11.1 Å². The van der Waals surface area contributed by atoms with Crippen LogP contribution in [-0.4, -0.2) is 58.0 Å². The summed E-state index contributed by atoms with van der Waals surface area (Å²) in [6.45, 7) is 16.7. The number of hydrazine groups is 2. The van der Waals surface area contributed by atoms with Crippen LogP contribution >= 0.6 is 0 Å². The van der Waals surface area contributed by atoms with Crippen LogP contribution in [0.4, 0.5) is 0 Å². The maximum absolute atomic E-state index is 4.94. The lowest BCUT2D eigenvalue weighted by molar-refractivity contribution is -0.0686. The Kier molecular flexibility index (Phi) is 3.25. The Bertz CT molecular complexity index is 996. The van der Waals surface area contributed by atoms with Crippen molar-refractivity contribution >= 4 is 0 Å². The van der Waals surface area contributed by atoms with Gasteiger partial charge in [-0.3, -0.25) is 10.6 Å². The molecule has 1 aromatic rings. The van der Waals surface area contributed by atoms with Gasteiger partial charge in [-0.2, -0.15) is 40.5 Å². The van der Waals surface area contributed by atoms with Gasteiger partial charge in [-0.15, -0.1) is 0 Å². The first kappa shape index (κ1) is 19.6. The van der Waals surface area contributed by atoms with E-state index in [1.54, 1.807) is 0 Å². The molecule has 4 bridgehead atoms. The molecular weight excluding hydrogens is 404 g/mol. The van der Waals surface area contributed by atoms with Gasteiger partial charge in [0.05, 0.1) is 37.5 Å². The summed E-state index contributed by atoms with van der Waals surface area (Å²) in [5, 5.41) is 35.9. The fraction of sp³-hybridized carbons (Fsp3) is 0.727. The lowest BCUT2D eigenvalue weighted by Gasteiger charge is -2.40. The molecule has 32 heavy (non-hydrogen) atoms. The highest BCUT2D eigenvalue weighted by molar-refractivity contribution is 5.41. The third-order valence-electron chi connectivity index (χ3n) is 9.96. The molecule has 4 fully saturated rings. The van der Waals surface area contributed by atoms with Gasteiger partial charge in [-0.25, -0.2) is 0 Å². The highest BCUT2D eigenvalue weighted by Crippen LogP contribution is 2.67. The smallest absolute Gasteiger partial charge is 0.182 e. The number of rotatable bonds is 2. The fourth-order valence-electron chi connectivity index (χ4n) is 7.29. The van der Waals surface area contributed by atoms with Crippen LogP contribution < -0.4 is 10.6 Å². The first-order valence-corrected chi connectivity index (χ1v) is 11.6. The monoisotopic (exact) mass is 436 g/mol. The first-order chi connectivity index (χ1) is 15.1. The Hall–Kier alpha value is -1.82. The van der Waals surface area contributed by atoms with Crippen molar-refractivity contribution in [1.82, 2.24) is 30.7 Å². The molecule has 0 radical (unpaired) electrons. The van der Waals surface area contributed by atoms with E-state index in [0.29, 0.717) is 0 Å². The Labute approximate surface area is 188 Å². The van der Waals surface area contributed by atoms with E-state index in [0.717, 1.165) is 26.7 Å². The van der Waals surface area contributed by atoms with Crippen molar-refractivity contribution in [2.75, 3.05) is 26.7 Å². The third kappa shape index (κ3) is 1.60. The zero-order valence-corrected chi connectivity index (χ0v) is 19.7. The second-order valence-corrected chi connectivity index (χ2v) is 11.3. The van der Waals surface area contributed by atoms with Crippen LogP contribution in [0.15, 0.2) is 44.7 Å². The standard InChI is InChI=1S/C22H32N10/c1-17(2)19(5)25-27-21(17,31-13-23-11-29(19)31)15-7-9-16(10-8-15)22-18(3,4)20(6,26-28-22)30-12-24-14-32(22)30/h7-10,23-24H,11-14H2,1-6H3. The predicted molar refractivity (Wildman–Crippen MR) is 117 cm³/mol. The third-order valence-corrected chi connectivity index (χ3v) is 9.96. The summed E-state index contributed by atoms with van der Waals surface area (Å²) in [7, 11) is 0. The van der Waals surface area contributed by atoms with Gasteiger partial charge in [0, 0.05) is 0 Å². The molecule has 2 N–H and O–H groups in total. The van der Waals surface area contributed by atoms with Crippen LogP contribution in [-0.2, 0) is 11.3 Å². The van der Waals surface area contributed by atoms with Gasteiger partial charge in [0.1, 0.15) is 0 Å². The molecule has 4 saturated heterocycles. The van der Waals surface area contributed by atoms with Gasteiger partial charge in [0.25, 0.3) is 0 Å². The van der Waals surface area contributed by atoms with E-state index in [-0.39, 0.29) is 22.2 Å². The number of azo groups is 2. The maximum Gasteiger partial charge on any atom is 0.182 e. The quantitative estimate of drug-likeness (QED) is 0.741. The van der Waals surface area contributed by atoms with Gasteiger partial charge in [-0.1, -0.05) is 52.0 Å². The summed E-state index contributed by atoms with van der Waals surface area (Å²) in [4.78, 5) is 0. The minimum Gasteiger partial charge on any atom is -0.289 e. The fourth-order valence-corrected chi connectivity index (χ4v) is 7.29. The SMILES string of the molecule is CC12N=NC(c3ccc(C45N=NC(C)(N6CNCN64)C5(C)C)cc3)(N3CNCN31)C2(C)C. The van der Waals surface area contributed by atoms with Crippen LogP contribution in [0.3, 0.4) is 0 Å². The molecule has 1 aromatic carbocycles. The maximum atomic E-state index is 4.94.